The highest BCUT2D eigenvalue weighted by molar-refractivity contribution is 5.76. The Labute approximate surface area is 101 Å². The second-order valence-corrected chi connectivity index (χ2v) is 3.63. The number of aliphatic hydroxyl groups excluding tert-OH is 1. The Hall–Kier alpha value is -1.62. The molecule has 0 radical (unpaired) electrons. The van der Waals surface area contributed by atoms with E-state index < -0.39 is 6.61 Å². The highest BCUT2D eigenvalue weighted by Gasteiger charge is 2.03. The molecule has 0 aliphatic rings. The number of anilines is 1. The number of carbonyl (C=O) groups is 1. The Bertz CT molecular complexity index is 347. The van der Waals surface area contributed by atoms with Crippen LogP contribution in [-0.2, 0) is 11.3 Å². The first kappa shape index (κ1) is 13.4. The van der Waals surface area contributed by atoms with Crippen LogP contribution in [0.25, 0.3) is 0 Å². The first-order valence-corrected chi connectivity index (χ1v) is 5.78. The van der Waals surface area contributed by atoms with Gasteiger partial charge in [0.2, 0.25) is 5.91 Å². The summed E-state index contributed by atoms with van der Waals surface area (Å²) in [6, 6.07) is 3.87. The summed E-state index contributed by atoms with van der Waals surface area (Å²) in [7, 11) is 0. The predicted octanol–water partition coefficient (Wildman–Crippen LogP) is 0.536. The molecule has 5 heteroatoms. The average molecular weight is 237 g/mol. The second kappa shape index (κ2) is 6.85. The summed E-state index contributed by atoms with van der Waals surface area (Å²) >= 11 is 0. The number of nitrogens with one attached hydrogen (secondary N) is 1. The number of hydrogen-bond donors (Lipinski definition) is 2. The van der Waals surface area contributed by atoms with Crippen molar-refractivity contribution < 1.29 is 9.90 Å². The Morgan fingerprint density at radius 2 is 2.12 bits per heavy atom. The summed E-state index contributed by atoms with van der Waals surface area (Å²) in [5.74, 6) is 0.560. The van der Waals surface area contributed by atoms with E-state index in [1.807, 2.05) is 12.1 Å². The van der Waals surface area contributed by atoms with Gasteiger partial charge in [-0.2, -0.15) is 0 Å². The molecule has 1 aromatic rings. The fourth-order valence-electron chi connectivity index (χ4n) is 1.51. The monoisotopic (exact) mass is 237 g/mol. The van der Waals surface area contributed by atoms with Crippen LogP contribution in [0.4, 0.5) is 5.82 Å². The van der Waals surface area contributed by atoms with Crippen LogP contribution in [0.5, 0.6) is 0 Å². The summed E-state index contributed by atoms with van der Waals surface area (Å²) in [6.07, 6.45) is 1.74. The quantitative estimate of drug-likeness (QED) is 0.757. The maximum Gasteiger partial charge on any atom is 0.245 e. The zero-order chi connectivity index (χ0) is 12.7. The molecule has 2 N–H and O–H groups in total. The number of carbonyl (C=O) groups excluding carboxylic acids is 1. The van der Waals surface area contributed by atoms with Gasteiger partial charge in [-0.1, -0.05) is 6.07 Å². The Morgan fingerprint density at radius 3 is 2.59 bits per heavy atom. The van der Waals surface area contributed by atoms with Crippen molar-refractivity contribution in [2.45, 2.75) is 20.4 Å². The summed E-state index contributed by atoms with van der Waals surface area (Å²) in [5.41, 5.74) is 0.919. The smallest absolute Gasteiger partial charge is 0.245 e. The van der Waals surface area contributed by atoms with Crippen molar-refractivity contribution in [1.82, 2.24) is 10.3 Å². The maximum atomic E-state index is 10.9. The van der Waals surface area contributed by atoms with Crippen LogP contribution >= 0.6 is 0 Å². The first-order chi connectivity index (χ1) is 8.21. The molecule has 0 fully saturated rings. The van der Waals surface area contributed by atoms with Gasteiger partial charge in [0.25, 0.3) is 0 Å². The molecule has 0 bridgehead atoms. The summed E-state index contributed by atoms with van der Waals surface area (Å²) in [4.78, 5) is 17.3. The Morgan fingerprint density at radius 1 is 1.41 bits per heavy atom. The van der Waals surface area contributed by atoms with Crippen LogP contribution in [0, 0.1) is 0 Å². The first-order valence-electron chi connectivity index (χ1n) is 5.78. The number of aromatic nitrogens is 1. The standard InChI is InChI=1S/C12H19N3O2/c1-3-15(4-2)11-6-5-10(7-13-11)8-14-12(17)9-16/h5-7,16H,3-4,8-9H2,1-2H3,(H,14,17). The maximum absolute atomic E-state index is 10.9. The van der Waals surface area contributed by atoms with Crippen LogP contribution in [0.3, 0.4) is 0 Å². The molecule has 1 aromatic heterocycles. The molecule has 0 unspecified atom stereocenters. The third-order valence-corrected chi connectivity index (χ3v) is 2.53. The van der Waals surface area contributed by atoms with Gasteiger partial charge in [0.1, 0.15) is 12.4 Å². The zero-order valence-electron chi connectivity index (χ0n) is 10.3. The molecule has 0 atom stereocenters. The minimum Gasteiger partial charge on any atom is -0.387 e. The summed E-state index contributed by atoms with van der Waals surface area (Å²) in [5, 5.41) is 11.1. The van der Waals surface area contributed by atoms with Crippen LogP contribution in [0.15, 0.2) is 18.3 Å². The molecule has 17 heavy (non-hydrogen) atoms. The molecule has 1 rings (SSSR count). The number of aliphatic hydroxyl groups is 1. The fraction of sp³-hybridized carbons (Fsp3) is 0.500. The molecule has 0 aromatic carbocycles. The minimum atomic E-state index is -0.481. The average Bonchev–Trinajstić information content (AvgIpc) is 2.38. The van der Waals surface area contributed by atoms with Crippen molar-refractivity contribution >= 4 is 11.7 Å². The van der Waals surface area contributed by atoms with Crippen molar-refractivity contribution in [3.05, 3.63) is 23.9 Å². The Balaban J connectivity index is 2.58. The molecule has 0 aliphatic carbocycles. The molecular formula is C12H19N3O2. The van der Waals surface area contributed by atoms with Crippen molar-refractivity contribution in [3.8, 4) is 0 Å². The lowest BCUT2D eigenvalue weighted by atomic mass is 10.2. The third kappa shape index (κ3) is 4.03. The van der Waals surface area contributed by atoms with E-state index in [-0.39, 0.29) is 5.91 Å². The lowest BCUT2D eigenvalue weighted by Crippen LogP contribution is -2.26. The van der Waals surface area contributed by atoms with Gasteiger partial charge in [-0.15, -0.1) is 0 Å². The van der Waals surface area contributed by atoms with Gasteiger partial charge in [0, 0.05) is 25.8 Å². The Kier molecular flexibility index (Phi) is 5.42. The van der Waals surface area contributed by atoms with E-state index in [0.717, 1.165) is 24.5 Å². The molecule has 0 saturated carbocycles. The van der Waals surface area contributed by atoms with Crippen molar-refractivity contribution in [3.63, 3.8) is 0 Å². The molecule has 0 aliphatic heterocycles. The largest absolute Gasteiger partial charge is 0.387 e. The summed E-state index contributed by atoms with van der Waals surface area (Å²) < 4.78 is 0. The minimum absolute atomic E-state index is 0.377. The number of hydrogen-bond acceptors (Lipinski definition) is 4. The number of nitrogens with zero attached hydrogens (tertiary/aromatic N) is 2. The van der Waals surface area contributed by atoms with Crippen molar-refractivity contribution in [1.29, 1.82) is 0 Å². The molecule has 0 saturated heterocycles. The van der Waals surface area contributed by atoms with Crippen LogP contribution in [0.2, 0.25) is 0 Å². The molecule has 1 amide bonds. The van der Waals surface area contributed by atoms with E-state index in [2.05, 4.69) is 29.0 Å². The number of amides is 1. The van der Waals surface area contributed by atoms with Gasteiger partial charge < -0.3 is 15.3 Å². The highest BCUT2D eigenvalue weighted by Crippen LogP contribution is 2.10. The van der Waals surface area contributed by atoms with Crippen LogP contribution in [0.1, 0.15) is 19.4 Å². The number of pyridine rings is 1. The summed E-state index contributed by atoms with van der Waals surface area (Å²) in [6.45, 7) is 5.92. The van der Waals surface area contributed by atoms with Crippen LogP contribution in [-0.4, -0.2) is 35.7 Å². The highest BCUT2D eigenvalue weighted by atomic mass is 16.3. The van der Waals surface area contributed by atoms with Gasteiger partial charge >= 0.3 is 0 Å². The van der Waals surface area contributed by atoms with Gasteiger partial charge in [0.05, 0.1) is 0 Å². The second-order valence-electron chi connectivity index (χ2n) is 3.63. The van der Waals surface area contributed by atoms with E-state index in [0.29, 0.717) is 6.54 Å². The fourth-order valence-corrected chi connectivity index (χ4v) is 1.51. The van der Waals surface area contributed by atoms with Gasteiger partial charge in [-0.25, -0.2) is 4.98 Å². The molecule has 0 spiro atoms. The molecular weight excluding hydrogens is 218 g/mol. The molecule has 1 heterocycles. The van der Waals surface area contributed by atoms with Gasteiger partial charge in [-0.05, 0) is 25.5 Å². The van der Waals surface area contributed by atoms with Gasteiger partial charge in [0.15, 0.2) is 0 Å². The SMILES string of the molecule is CCN(CC)c1ccc(CNC(=O)CO)cn1. The van der Waals surface area contributed by atoms with E-state index in [9.17, 15) is 4.79 Å². The van der Waals surface area contributed by atoms with E-state index in [4.69, 9.17) is 5.11 Å². The topological polar surface area (TPSA) is 65.5 Å². The molecule has 94 valence electrons. The van der Waals surface area contributed by atoms with Crippen molar-refractivity contribution in [2.75, 3.05) is 24.6 Å². The zero-order valence-corrected chi connectivity index (χ0v) is 10.3. The molecule has 5 nitrogen and oxygen atoms in total. The van der Waals surface area contributed by atoms with Crippen LogP contribution < -0.4 is 10.2 Å². The third-order valence-electron chi connectivity index (χ3n) is 2.53. The van der Waals surface area contributed by atoms with Gasteiger partial charge in [-0.3, -0.25) is 4.79 Å². The van der Waals surface area contributed by atoms with E-state index >= 15 is 0 Å². The predicted molar refractivity (Wildman–Crippen MR) is 66.7 cm³/mol. The number of rotatable bonds is 6. The van der Waals surface area contributed by atoms with E-state index in [1.165, 1.54) is 0 Å². The van der Waals surface area contributed by atoms with E-state index in [1.54, 1.807) is 6.20 Å². The lowest BCUT2D eigenvalue weighted by Gasteiger charge is -2.19. The normalized spacial score (nSPS) is 10.1. The van der Waals surface area contributed by atoms with Crippen molar-refractivity contribution in [2.24, 2.45) is 0 Å². The lowest BCUT2D eigenvalue weighted by molar-refractivity contribution is -0.123.